The molecule has 1 aliphatic rings. The van der Waals surface area contributed by atoms with Crippen molar-refractivity contribution < 1.29 is 4.79 Å². The molecule has 0 aromatic heterocycles. The summed E-state index contributed by atoms with van der Waals surface area (Å²) in [6, 6.07) is 7.58. The Morgan fingerprint density at radius 2 is 2.24 bits per heavy atom. The summed E-state index contributed by atoms with van der Waals surface area (Å²) in [6.07, 6.45) is 1.23. The quantitative estimate of drug-likeness (QED) is 0.843. The van der Waals surface area contributed by atoms with Crippen molar-refractivity contribution in [3.05, 3.63) is 23.8 Å². The van der Waals surface area contributed by atoms with Crippen LogP contribution in [0.25, 0.3) is 0 Å². The Hall–Kier alpha value is -2.02. The van der Waals surface area contributed by atoms with Gasteiger partial charge in [-0.25, -0.2) is 0 Å². The molecule has 4 heteroatoms. The zero-order valence-electron chi connectivity index (χ0n) is 10.0. The van der Waals surface area contributed by atoms with Gasteiger partial charge in [0.15, 0.2) is 0 Å². The highest BCUT2D eigenvalue weighted by atomic mass is 16.2. The molecular weight excluding hydrogens is 214 g/mol. The second-order valence-corrected chi connectivity index (χ2v) is 4.16. The van der Waals surface area contributed by atoms with E-state index in [1.54, 1.807) is 11.8 Å². The van der Waals surface area contributed by atoms with E-state index < -0.39 is 6.04 Å². The van der Waals surface area contributed by atoms with Crippen LogP contribution in [0.4, 0.5) is 11.4 Å². The van der Waals surface area contributed by atoms with Crippen LogP contribution < -0.4 is 10.2 Å². The van der Waals surface area contributed by atoms with Gasteiger partial charge in [-0.1, -0.05) is 0 Å². The Labute approximate surface area is 101 Å². The van der Waals surface area contributed by atoms with Crippen molar-refractivity contribution in [1.82, 2.24) is 0 Å². The first-order valence-corrected chi connectivity index (χ1v) is 5.69. The number of amides is 1. The number of aryl methyl sites for hydroxylation is 1. The van der Waals surface area contributed by atoms with Crippen LogP contribution in [0.3, 0.4) is 0 Å². The van der Waals surface area contributed by atoms with E-state index >= 15 is 0 Å². The molecule has 88 valence electrons. The van der Waals surface area contributed by atoms with Gasteiger partial charge in [0.05, 0.1) is 6.07 Å². The molecule has 4 nitrogen and oxygen atoms in total. The van der Waals surface area contributed by atoms with Crippen molar-refractivity contribution in [3.8, 4) is 6.07 Å². The van der Waals surface area contributed by atoms with Crippen LogP contribution in [0.5, 0.6) is 0 Å². The molecule has 1 N–H and O–H groups in total. The standard InChI is InChI=1S/C13H15N3O/c1-9(8-14)16-12-5-4-11(15-2)7-10(12)3-6-13(16)17/h4-5,7,9,15H,3,6H2,1-2H3. The fourth-order valence-electron chi connectivity index (χ4n) is 2.16. The first-order chi connectivity index (χ1) is 8.17. The Balaban J connectivity index is 2.46. The lowest BCUT2D eigenvalue weighted by molar-refractivity contribution is -0.119. The van der Waals surface area contributed by atoms with Crippen LogP contribution in [0.2, 0.25) is 0 Å². The number of anilines is 2. The second kappa shape index (κ2) is 4.46. The summed E-state index contributed by atoms with van der Waals surface area (Å²) in [5.41, 5.74) is 3.02. The third-order valence-electron chi connectivity index (χ3n) is 3.08. The number of benzene rings is 1. The predicted molar refractivity (Wildman–Crippen MR) is 66.9 cm³/mol. The molecule has 1 heterocycles. The van der Waals surface area contributed by atoms with E-state index in [2.05, 4.69) is 11.4 Å². The van der Waals surface area contributed by atoms with Crippen LogP contribution in [-0.2, 0) is 11.2 Å². The number of nitrogens with one attached hydrogen (secondary N) is 1. The van der Waals surface area contributed by atoms with Crippen molar-refractivity contribution >= 4 is 17.3 Å². The molecule has 1 aromatic rings. The summed E-state index contributed by atoms with van der Waals surface area (Å²) in [4.78, 5) is 13.5. The van der Waals surface area contributed by atoms with Crippen molar-refractivity contribution in [2.75, 3.05) is 17.3 Å². The average molecular weight is 229 g/mol. The molecule has 0 spiro atoms. The summed E-state index contributed by atoms with van der Waals surface area (Å²) in [6.45, 7) is 1.75. The van der Waals surface area contributed by atoms with E-state index in [4.69, 9.17) is 5.26 Å². The normalized spacial score (nSPS) is 16.1. The lowest BCUT2D eigenvalue weighted by Gasteiger charge is -2.31. The van der Waals surface area contributed by atoms with Gasteiger partial charge in [0.2, 0.25) is 5.91 Å². The Kier molecular flexibility index (Phi) is 3.01. The number of hydrogen-bond acceptors (Lipinski definition) is 3. The lowest BCUT2D eigenvalue weighted by Crippen LogP contribution is -2.41. The summed E-state index contributed by atoms with van der Waals surface area (Å²) >= 11 is 0. The SMILES string of the molecule is CNc1ccc2c(c1)CCC(=O)N2C(C)C#N. The van der Waals surface area contributed by atoms with Gasteiger partial charge < -0.3 is 5.32 Å². The Morgan fingerprint density at radius 1 is 1.47 bits per heavy atom. The van der Waals surface area contributed by atoms with Crippen molar-refractivity contribution in [1.29, 1.82) is 5.26 Å². The number of nitriles is 1. The Bertz CT molecular complexity index is 490. The molecule has 0 bridgehead atoms. The van der Waals surface area contributed by atoms with Gasteiger partial charge in [-0.05, 0) is 37.1 Å². The molecule has 1 aromatic carbocycles. The lowest BCUT2D eigenvalue weighted by atomic mass is 9.99. The number of carbonyl (C=O) groups is 1. The molecule has 2 rings (SSSR count). The summed E-state index contributed by atoms with van der Waals surface area (Å²) in [5.74, 6) is 0.0313. The topological polar surface area (TPSA) is 56.1 Å². The highest BCUT2D eigenvalue weighted by Gasteiger charge is 2.28. The molecule has 0 saturated heterocycles. The van der Waals surface area contributed by atoms with Gasteiger partial charge >= 0.3 is 0 Å². The third kappa shape index (κ3) is 1.96. The third-order valence-corrected chi connectivity index (χ3v) is 3.08. The molecule has 0 radical (unpaired) electrons. The van der Waals surface area contributed by atoms with Gasteiger partial charge in [0.25, 0.3) is 0 Å². The van der Waals surface area contributed by atoms with E-state index in [1.165, 1.54) is 0 Å². The largest absolute Gasteiger partial charge is 0.388 e. The van der Waals surface area contributed by atoms with Crippen LogP contribution in [0.15, 0.2) is 18.2 Å². The van der Waals surface area contributed by atoms with Crippen molar-refractivity contribution in [3.63, 3.8) is 0 Å². The number of rotatable bonds is 2. The smallest absolute Gasteiger partial charge is 0.228 e. The van der Waals surface area contributed by atoms with Gasteiger partial charge in [-0.2, -0.15) is 5.26 Å². The van der Waals surface area contributed by atoms with Crippen molar-refractivity contribution in [2.45, 2.75) is 25.8 Å². The fourth-order valence-corrected chi connectivity index (χ4v) is 2.16. The molecule has 1 unspecified atom stereocenters. The van der Waals surface area contributed by atoms with Gasteiger partial charge in [-0.3, -0.25) is 9.69 Å². The molecule has 0 saturated carbocycles. The second-order valence-electron chi connectivity index (χ2n) is 4.16. The molecule has 1 amide bonds. The minimum atomic E-state index is -0.415. The maximum atomic E-state index is 11.9. The first kappa shape index (κ1) is 11.5. The summed E-state index contributed by atoms with van der Waals surface area (Å²) in [7, 11) is 1.87. The number of hydrogen-bond donors (Lipinski definition) is 1. The van der Waals surface area contributed by atoms with Gasteiger partial charge in [0.1, 0.15) is 6.04 Å². The van der Waals surface area contributed by atoms with Crippen molar-refractivity contribution in [2.24, 2.45) is 0 Å². The number of nitrogens with zero attached hydrogens (tertiary/aromatic N) is 2. The maximum absolute atomic E-state index is 11.9. The highest BCUT2D eigenvalue weighted by Crippen LogP contribution is 2.31. The summed E-state index contributed by atoms with van der Waals surface area (Å²) < 4.78 is 0. The minimum Gasteiger partial charge on any atom is -0.388 e. The van der Waals surface area contributed by atoms with E-state index in [9.17, 15) is 4.79 Å². The van der Waals surface area contributed by atoms with E-state index in [-0.39, 0.29) is 5.91 Å². The average Bonchev–Trinajstić information content (AvgIpc) is 2.37. The van der Waals surface area contributed by atoms with E-state index in [0.29, 0.717) is 6.42 Å². The molecule has 1 aliphatic heterocycles. The predicted octanol–water partition coefficient (Wildman–Crippen LogP) is 1.92. The zero-order valence-corrected chi connectivity index (χ0v) is 10.0. The molecule has 0 aliphatic carbocycles. The Morgan fingerprint density at radius 3 is 2.88 bits per heavy atom. The molecule has 17 heavy (non-hydrogen) atoms. The molecule has 1 atom stereocenters. The highest BCUT2D eigenvalue weighted by molar-refractivity contribution is 5.97. The van der Waals surface area contributed by atoms with E-state index in [0.717, 1.165) is 23.4 Å². The summed E-state index contributed by atoms with van der Waals surface area (Å²) in [5, 5.41) is 12.1. The minimum absolute atomic E-state index is 0.0313. The fraction of sp³-hybridized carbons (Fsp3) is 0.385. The van der Waals surface area contributed by atoms with Crippen LogP contribution in [-0.4, -0.2) is 19.0 Å². The molecular formula is C13H15N3O. The number of fused-ring (bicyclic) bond motifs is 1. The molecule has 0 fully saturated rings. The number of carbonyl (C=O) groups excluding carboxylic acids is 1. The van der Waals surface area contributed by atoms with E-state index in [1.807, 2.05) is 25.2 Å². The van der Waals surface area contributed by atoms with Crippen LogP contribution in [0, 0.1) is 11.3 Å². The van der Waals surface area contributed by atoms with Gasteiger partial charge in [-0.15, -0.1) is 0 Å². The van der Waals surface area contributed by atoms with Crippen LogP contribution in [0.1, 0.15) is 18.9 Å². The monoisotopic (exact) mass is 229 g/mol. The van der Waals surface area contributed by atoms with Crippen LogP contribution >= 0.6 is 0 Å². The first-order valence-electron chi connectivity index (χ1n) is 5.69. The zero-order chi connectivity index (χ0) is 12.4. The van der Waals surface area contributed by atoms with Gasteiger partial charge in [0, 0.05) is 24.8 Å². The maximum Gasteiger partial charge on any atom is 0.228 e.